The van der Waals surface area contributed by atoms with Gasteiger partial charge in [0, 0.05) is 33.0 Å². The third-order valence-corrected chi connectivity index (χ3v) is 5.70. The van der Waals surface area contributed by atoms with E-state index in [0.717, 1.165) is 35.5 Å². The Kier molecular flexibility index (Phi) is 3.53. The highest BCUT2D eigenvalue weighted by molar-refractivity contribution is 5.97. The van der Waals surface area contributed by atoms with Gasteiger partial charge in [-0.15, -0.1) is 0 Å². The molecule has 0 aliphatic heterocycles. The second-order valence-corrected chi connectivity index (χ2v) is 7.27. The van der Waals surface area contributed by atoms with Gasteiger partial charge in [0.25, 0.3) is 0 Å². The first-order valence-corrected chi connectivity index (χ1v) is 9.43. The Bertz CT molecular complexity index is 1060. The fraction of sp³-hybridized carbons (Fsp3) is 0.250. The van der Waals surface area contributed by atoms with Gasteiger partial charge in [0.05, 0.1) is 0 Å². The molecule has 130 valence electrons. The van der Waals surface area contributed by atoms with Gasteiger partial charge < -0.3 is 8.83 Å². The molecule has 0 amide bonds. The molecule has 2 heteroatoms. The summed E-state index contributed by atoms with van der Waals surface area (Å²) in [6.07, 6.45) is 4.50. The van der Waals surface area contributed by atoms with Crippen LogP contribution in [0.5, 0.6) is 0 Å². The van der Waals surface area contributed by atoms with Crippen LogP contribution in [0.25, 0.3) is 33.1 Å². The van der Waals surface area contributed by atoms with Crippen molar-refractivity contribution in [1.29, 1.82) is 0 Å². The Labute approximate surface area is 153 Å². The average molecular weight is 342 g/mol. The fourth-order valence-electron chi connectivity index (χ4n) is 4.33. The topological polar surface area (TPSA) is 26.3 Å². The fourth-order valence-corrected chi connectivity index (χ4v) is 4.33. The summed E-state index contributed by atoms with van der Waals surface area (Å²) in [5, 5.41) is 2.42. The average Bonchev–Trinajstić information content (AvgIpc) is 3.20. The Morgan fingerprint density at radius 2 is 1.04 bits per heavy atom. The first-order valence-electron chi connectivity index (χ1n) is 9.43. The summed E-state index contributed by atoms with van der Waals surface area (Å²) in [4.78, 5) is 0. The second-order valence-electron chi connectivity index (χ2n) is 7.27. The molecule has 0 radical (unpaired) electrons. The van der Waals surface area contributed by atoms with Crippen molar-refractivity contribution in [2.75, 3.05) is 0 Å². The minimum absolute atomic E-state index is 0.971. The molecule has 2 aromatic heterocycles. The molecular formula is C24H22O2. The summed E-state index contributed by atoms with van der Waals surface area (Å²) >= 11 is 0. The highest BCUT2D eigenvalue weighted by Crippen LogP contribution is 2.44. The zero-order valence-corrected chi connectivity index (χ0v) is 15.3. The van der Waals surface area contributed by atoms with Gasteiger partial charge in [0.2, 0.25) is 0 Å². The van der Waals surface area contributed by atoms with Gasteiger partial charge in [0.15, 0.2) is 0 Å². The number of para-hydroxylation sites is 2. The van der Waals surface area contributed by atoms with Crippen LogP contribution in [0.3, 0.4) is 0 Å². The Balaban J connectivity index is 1.77. The molecule has 0 saturated heterocycles. The van der Waals surface area contributed by atoms with Crippen molar-refractivity contribution in [3.05, 3.63) is 71.2 Å². The molecule has 2 nitrogen and oxygen atoms in total. The lowest BCUT2D eigenvalue weighted by Crippen LogP contribution is -2.00. The van der Waals surface area contributed by atoms with E-state index in [9.17, 15) is 0 Å². The highest BCUT2D eigenvalue weighted by Gasteiger charge is 2.25. The summed E-state index contributed by atoms with van der Waals surface area (Å²) in [6, 6.07) is 16.6. The van der Waals surface area contributed by atoms with Crippen molar-refractivity contribution >= 4 is 33.1 Å². The molecule has 1 aliphatic carbocycles. The molecular weight excluding hydrogens is 320 g/mol. The summed E-state index contributed by atoms with van der Waals surface area (Å²) in [7, 11) is 0. The molecule has 0 bridgehead atoms. The quantitative estimate of drug-likeness (QED) is 0.382. The molecule has 26 heavy (non-hydrogen) atoms. The van der Waals surface area contributed by atoms with Crippen molar-refractivity contribution in [2.24, 2.45) is 0 Å². The summed E-state index contributed by atoms with van der Waals surface area (Å²) in [6.45, 7) is 4.35. The molecule has 0 spiro atoms. The van der Waals surface area contributed by atoms with Crippen molar-refractivity contribution in [3.63, 3.8) is 0 Å². The minimum atomic E-state index is 0.971. The van der Waals surface area contributed by atoms with E-state index in [-0.39, 0.29) is 0 Å². The van der Waals surface area contributed by atoms with E-state index in [2.05, 4.69) is 50.2 Å². The number of furan rings is 2. The number of hydrogen-bond donors (Lipinski definition) is 0. The van der Waals surface area contributed by atoms with E-state index in [1.54, 1.807) is 0 Å². The molecule has 2 heterocycles. The molecule has 4 aromatic rings. The van der Waals surface area contributed by atoms with Crippen LogP contribution in [0.15, 0.2) is 57.4 Å². The number of aryl methyl sites for hydroxylation is 2. The van der Waals surface area contributed by atoms with E-state index in [1.807, 2.05) is 12.1 Å². The van der Waals surface area contributed by atoms with Gasteiger partial charge >= 0.3 is 0 Å². The lowest BCUT2D eigenvalue weighted by molar-refractivity contribution is 0.573. The van der Waals surface area contributed by atoms with Crippen LogP contribution in [0.4, 0.5) is 0 Å². The number of fused-ring (bicyclic) bond motifs is 2. The van der Waals surface area contributed by atoms with Crippen LogP contribution < -0.4 is 0 Å². The normalized spacial score (nSPS) is 15.3. The predicted molar refractivity (Wildman–Crippen MR) is 107 cm³/mol. The maximum absolute atomic E-state index is 6.30. The number of rotatable bonds is 2. The van der Waals surface area contributed by atoms with Crippen LogP contribution in [-0.2, 0) is 0 Å². The first-order chi connectivity index (χ1) is 12.7. The summed E-state index contributed by atoms with van der Waals surface area (Å²) in [5.74, 6) is 2.08. The smallest absolute Gasteiger partial charge is 0.135 e. The maximum atomic E-state index is 6.30. The largest absolute Gasteiger partial charge is 0.456 e. The van der Waals surface area contributed by atoms with Gasteiger partial charge in [-0.25, -0.2) is 0 Å². The van der Waals surface area contributed by atoms with Crippen LogP contribution in [0, 0.1) is 13.8 Å². The molecule has 1 aliphatic rings. The van der Waals surface area contributed by atoms with E-state index in [0.29, 0.717) is 0 Å². The lowest BCUT2D eigenvalue weighted by atomic mass is 9.86. The van der Waals surface area contributed by atoms with Gasteiger partial charge in [0.1, 0.15) is 22.7 Å². The predicted octanol–water partition coefficient (Wildman–Crippen LogP) is 7.28. The van der Waals surface area contributed by atoms with Crippen LogP contribution in [0.2, 0.25) is 0 Å². The standard InChI is InChI=1S/C24H22O2/c1-15-17-9-5-7-13-21(17)25-23(15)19-11-3-4-12-20(19)24-16(2)18-10-6-8-14-22(18)26-24/h5-10,13-14H,3-4,11-12H2,1-2H3. The second kappa shape index (κ2) is 5.91. The van der Waals surface area contributed by atoms with Crippen molar-refractivity contribution in [1.82, 2.24) is 0 Å². The van der Waals surface area contributed by atoms with Crippen LogP contribution in [-0.4, -0.2) is 0 Å². The van der Waals surface area contributed by atoms with E-state index < -0.39 is 0 Å². The molecule has 5 rings (SSSR count). The SMILES string of the molecule is Cc1c(C2=C(c3oc4ccccc4c3C)CCCC2)oc2ccccc12. The molecule has 0 saturated carbocycles. The minimum Gasteiger partial charge on any atom is -0.456 e. The first kappa shape index (κ1) is 15.5. The highest BCUT2D eigenvalue weighted by atomic mass is 16.3. The molecule has 0 atom stereocenters. The third-order valence-electron chi connectivity index (χ3n) is 5.70. The van der Waals surface area contributed by atoms with Crippen molar-refractivity contribution in [2.45, 2.75) is 39.5 Å². The van der Waals surface area contributed by atoms with E-state index >= 15 is 0 Å². The number of benzene rings is 2. The zero-order chi connectivity index (χ0) is 17.7. The monoisotopic (exact) mass is 342 g/mol. The zero-order valence-electron chi connectivity index (χ0n) is 15.3. The summed E-state index contributed by atoms with van der Waals surface area (Å²) < 4.78 is 12.6. The third kappa shape index (κ3) is 2.25. The van der Waals surface area contributed by atoms with Gasteiger partial charge in [-0.05, 0) is 51.7 Å². The maximum Gasteiger partial charge on any atom is 0.135 e. The molecule has 2 aromatic carbocycles. The Morgan fingerprint density at radius 3 is 1.46 bits per heavy atom. The number of hydrogen-bond acceptors (Lipinski definition) is 2. The molecule has 0 N–H and O–H groups in total. The Morgan fingerprint density at radius 1 is 0.615 bits per heavy atom. The van der Waals surface area contributed by atoms with Gasteiger partial charge in [-0.3, -0.25) is 0 Å². The van der Waals surface area contributed by atoms with Gasteiger partial charge in [-0.2, -0.15) is 0 Å². The Hall–Kier alpha value is -2.74. The molecule has 0 fully saturated rings. The summed E-state index contributed by atoms with van der Waals surface area (Å²) in [5.41, 5.74) is 7.07. The van der Waals surface area contributed by atoms with E-state index in [1.165, 1.54) is 45.9 Å². The molecule has 0 unspecified atom stereocenters. The van der Waals surface area contributed by atoms with Crippen molar-refractivity contribution < 1.29 is 8.83 Å². The van der Waals surface area contributed by atoms with E-state index in [4.69, 9.17) is 8.83 Å². The van der Waals surface area contributed by atoms with Gasteiger partial charge in [-0.1, -0.05) is 36.4 Å². The lowest BCUT2D eigenvalue weighted by Gasteiger charge is -2.19. The van der Waals surface area contributed by atoms with Crippen molar-refractivity contribution in [3.8, 4) is 0 Å². The number of allylic oxidation sites excluding steroid dienone is 2. The van der Waals surface area contributed by atoms with Crippen LogP contribution >= 0.6 is 0 Å². The van der Waals surface area contributed by atoms with Crippen LogP contribution in [0.1, 0.15) is 48.3 Å².